The summed E-state index contributed by atoms with van der Waals surface area (Å²) in [5.41, 5.74) is 4.70. The monoisotopic (exact) mass is 393 g/mol. The molecule has 6 heteroatoms. The summed E-state index contributed by atoms with van der Waals surface area (Å²) in [6.07, 6.45) is 0. The van der Waals surface area contributed by atoms with Crippen LogP contribution >= 0.6 is 11.3 Å². The van der Waals surface area contributed by atoms with E-state index < -0.39 is 0 Å². The zero-order valence-electron chi connectivity index (χ0n) is 16.4. The molecule has 2 N–H and O–H groups in total. The van der Waals surface area contributed by atoms with Gasteiger partial charge in [0.25, 0.3) is 5.91 Å². The van der Waals surface area contributed by atoms with Crippen LogP contribution in [0.25, 0.3) is 10.6 Å². The molecule has 0 fully saturated rings. The van der Waals surface area contributed by atoms with Crippen LogP contribution in [0.1, 0.15) is 48.3 Å². The Morgan fingerprint density at radius 2 is 1.71 bits per heavy atom. The second-order valence-electron chi connectivity index (χ2n) is 7.00. The summed E-state index contributed by atoms with van der Waals surface area (Å²) in [5, 5.41) is 8.13. The van der Waals surface area contributed by atoms with Crippen molar-refractivity contribution in [1.82, 2.24) is 4.98 Å². The van der Waals surface area contributed by atoms with Gasteiger partial charge in [-0.2, -0.15) is 0 Å². The summed E-state index contributed by atoms with van der Waals surface area (Å²) >= 11 is 1.43. The predicted molar refractivity (Wildman–Crippen MR) is 115 cm³/mol. The van der Waals surface area contributed by atoms with Crippen molar-refractivity contribution < 1.29 is 9.59 Å². The third-order valence-electron chi connectivity index (χ3n) is 4.30. The standard InChI is InChI=1S/C22H23N3O2S/c1-13(2)16-6-8-17(9-7-16)22-25-20(12-28-22)21(27)24-19-11-14(3)5-10-18(19)23-15(4)26/h5-13H,1-4H3,(H,23,26)(H,24,27). The Kier molecular flexibility index (Phi) is 5.90. The minimum absolute atomic E-state index is 0.194. The Morgan fingerprint density at radius 3 is 2.36 bits per heavy atom. The molecule has 5 nitrogen and oxygen atoms in total. The van der Waals surface area contributed by atoms with Crippen LogP contribution in [-0.4, -0.2) is 16.8 Å². The summed E-state index contributed by atoms with van der Waals surface area (Å²) in [4.78, 5) is 28.6. The molecule has 1 heterocycles. The third kappa shape index (κ3) is 4.64. The van der Waals surface area contributed by atoms with Crippen LogP contribution in [0.3, 0.4) is 0 Å². The molecule has 0 aliphatic rings. The number of nitrogens with zero attached hydrogens (tertiary/aromatic N) is 1. The molecule has 28 heavy (non-hydrogen) atoms. The van der Waals surface area contributed by atoms with Crippen molar-refractivity contribution in [2.24, 2.45) is 0 Å². The Balaban J connectivity index is 1.79. The van der Waals surface area contributed by atoms with Crippen LogP contribution in [0.15, 0.2) is 47.8 Å². The summed E-state index contributed by atoms with van der Waals surface area (Å²) in [7, 11) is 0. The number of nitrogens with one attached hydrogen (secondary N) is 2. The maximum Gasteiger partial charge on any atom is 0.275 e. The van der Waals surface area contributed by atoms with Gasteiger partial charge in [-0.1, -0.05) is 44.2 Å². The maximum absolute atomic E-state index is 12.7. The second kappa shape index (κ2) is 8.35. The molecule has 0 aliphatic heterocycles. The maximum atomic E-state index is 12.7. The molecule has 0 atom stereocenters. The van der Waals surface area contributed by atoms with Gasteiger partial charge in [-0.05, 0) is 36.1 Å². The first kappa shape index (κ1) is 19.8. The number of thiazole rings is 1. The van der Waals surface area contributed by atoms with Crippen molar-refractivity contribution in [2.45, 2.75) is 33.6 Å². The molecule has 0 unspecified atom stereocenters. The molecule has 2 amide bonds. The van der Waals surface area contributed by atoms with E-state index in [1.54, 1.807) is 11.4 Å². The third-order valence-corrected chi connectivity index (χ3v) is 5.19. The van der Waals surface area contributed by atoms with Crippen LogP contribution in [-0.2, 0) is 4.79 Å². The van der Waals surface area contributed by atoms with Gasteiger partial charge in [0.2, 0.25) is 5.91 Å². The van der Waals surface area contributed by atoms with E-state index in [2.05, 4.69) is 41.6 Å². The topological polar surface area (TPSA) is 71.1 Å². The highest BCUT2D eigenvalue weighted by Gasteiger charge is 2.15. The first-order valence-corrected chi connectivity index (χ1v) is 9.97. The average Bonchev–Trinajstić information content (AvgIpc) is 3.14. The van der Waals surface area contributed by atoms with Crippen molar-refractivity contribution in [2.75, 3.05) is 10.6 Å². The summed E-state index contributed by atoms with van der Waals surface area (Å²) in [5.74, 6) is -0.0301. The van der Waals surface area contributed by atoms with Gasteiger partial charge in [0.15, 0.2) is 0 Å². The molecule has 0 spiro atoms. The molecular formula is C22H23N3O2S. The lowest BCUT2D eigenvalue weighted by Gasteiger charge is -2.11. The van der Waals surface area contributed by atoms with Crippen molar-refractivity contribution in [3.8, 4) is 10.6 Å². The van der Waals surface area contributed by atoms with Gasteiger partial charge < -0.3 is 10.6 Å². The number of benzene rings is 2. The van der Waals surface area contributed by atoms with E-state index in [4.69, 9.17) is 0 Å². The smallest absolute Gasteiger partial charge is 0.275 e. The van der Waals surface area contributed by atoms with Crippen LogP contribution in [0.4, 0.5) is 11.4 Å². The molecule has 3 rings (SSSR count). The van der Waals surface area contributed by atoms with E-state index in [9.17, 15) is 9.59 Å². The molecule has 1 aromatic heterocycles. The van der Waals surface area contributed by atoms with E-state index in [1.807, 2.05) is 31.2 Å². The van der Waals surface area contributed by atoms with Crippen molar-refractivity contribution in [3.05, 3.63) is 64.7 Å². The van der Waals surface area contributed by atoms with Gasteiger partial charge in [-0.3, -0.25) is 9.59 Å². The fourth-order valence-corrected chi connectivity index (χ4v) is 3.57. The van der Waals surface area contributed by atoms with Crippen LogP contribution in [0.5, 0.6) is 0 Å². The fourth-order valence-electron chi connectivity index (χ4n) is 2.77. The number of hydrogen-bond donors (Lipinski definition) is 2. The zero-order valence-corrected chi connectivity index (χ0v) is 17.2. The van der Waals surface area contributed by atoms with E-state index >= 15 is 0 Å². The SMILES string of the molecule is CC(=O)Nc1ccc(C)cc1NC(=O)c1csc(-c2ccc(C(C)C)cc2)n1. The second-order valence-corrected chi connectivity index (χ2v) is 7.86. The number of aryl methyl sites for hydroxylation is 1. The normalized spacial score (nSPS) is 10.8. The number of rotatable bonds is 5. The van der Waals surface area contributed by atoms with Gasteiger partial charge in [-0.25, -0.2) is 4.98 Å². The number of hydrogen-bond acceptors (Lipinski definition) is 4. The summed E-state index contributed by atoms with van der Waals surface area (Å²) in [6, 6.07) is 13.7. The van der Waals surface area contributed by atoms with Crippen LogP contribution in [0, 0.1) is 6.92 Å². The van der Waals surface area contributed by atoms with Gasteiger partial charge in [-0.15, -0.1) is 11.3 Å². The summed E-state index contributed by atoms with van der Waals surface area (Å²) in [6.45, 7) is 7.67. The molecule has 3 aromatic rings. The number of aromatic nitrogens is 1. The number of anilines is 2. The Labute approximate surface area is 168 Å². The number of carbonyl (C=O) groups is 2. The van der Waals surface area contributed by atoms with E-state index in [1.165, 1.54) is 23.8 Å². The lowest BCUT2D eigenvalue weighted by Crippen LogP contribution is -2.15. The number of amides is 2. The Bertz CT molecular complexity index is 1010. The van der Waals surface area contributed by atoms with Crippen molar-refractivity contribution in [1.29, 1.82) is 0 Å². The highest BCUT2D eigenvalue weighted by molar-refractivity contribution is 7.13. The van der Waals surface area contributed by atoms with Gasteiger partial charge in [0.05, 0.1) is 11.4 Å². The average molecular weight is 394 g/mol. The predicted octanol–water partition coefficient (Wildman–Crippen LogP) is 5.45. The quantitative estimate of drug-likeness (QED) is 0.605. The summed E-state index contributed by atoms with van der Waals surface area (Å²) < 4.78 is 0. The molecule has 2 aromatic carbocycles. The largest absolute Gasteiger partial charge is 0.325 e. The molecular weight excluding hydrogens is 370 g/mol. The molecule has 0 aliphatic carbocycles. The molecule has 144 valence electrons. The first-order valence-electron chi connectivity index (χ1n) is 9.09. The highest BCUT2D eigenvalue weighted by atomic mass is 32.1. The van der Waals surface area contributed by atoms with Crippen molar-refractivity contribution in [3.63, 3.8) is 0 Å². The lowest BCUT2D eigenvalue weighted by atomic mass is 10.0. The van der Waals surface area contributed by atoms with E-state index in [0.29, 0.717) is 23.0 Å². The Morgan fingerprint density at radius 1 is 1.00 bits per heavy atom. The van der Waals surface area contributed by atoms with E-state index in [-0.39, 0.29) is 11.8 Å². The van der Waals surface area contributed by atoms with Gasteiger partial charge in [0.1, 0.15) is 10.7 Å². The highest BCUT2D eigenvalue weighted by Crippen LogP contribution is 2.27. The van der Waals surface area contributed by atoms with Gasteiger partial charge in [0, 0.05) is 17.9 Å². The molecule has 0 saturated heterocycles. The molecule has 0 saturated carbocycles. The van der Waals surface area contributed by atoms with Crippen LogP contribution in [0.2, 0.25) is 0 Å². The zero-order chi connectivity index (χ0) is 20.3. The molecule has 0 radical (unpaired) electrons. The molecule has 0 bridgehead atoms. The minimum atomic E-state index is -0.307. The van der Waals surface area contributed by atoms with Crippen molar-refractivity contribution >= 4 is 34.5 Å². The number of carbonyl (C=O) groups excluding carboxylic acids is 2. The van der Waals surface area contributed by atoms with Crippen LogP contribution < -0.4 is 10.6 Å². The van der Waals surface area contributed by atoms with E-state index in [0.717, 1.165) is 16.1 Å². The van der Waals surface area contributed by atoms with Gasteiger partial charge >= 0.3 is 0 Å². The fraction of sp³-hybridized carbons (Fsp3) is 0.227. The lowest BCUT2D eigenvalue weighted by molar-refractivity contribution is -0.114. The Hall–Kier alpha value is -2.99. The minimum Gasteiger partial charge on any atom is -0.325 e. The first-order chi connectivity index (χ1) is 13.3.